The zero-order valence-corrected chi connectivity index (χ0v) is 10.6. The molecule has 0 heterocycles. The van der Waals surface area contributed by atoms with Crippen molar-refractivity contribution in [2.24, 2.45) is 5.73 Å². The van der Waals surface area contributed by atoms with Crippen LogP contribution in [0, 0.1) is 6.92 Å². The highest BCUT2D eigenvalue weighted by atomic mass is 16.4. The van der Waals surface area contributed by atoms with E-state index in [1.54, 1.807) is 12.1 Å². The van der Waals surface area contributed by atoms with Gasteiger partial charge in [-0.2, -0.15) is 0 Å². The van der Waals surface area contributed by atoms with E-state index in [-0.39, 0.29) is 6.42 Å². The van der Waals surface area contributed by atoms with Gasteiger partial charge in [-0.25, -0.2) is 4.79 Å². The van der Waals surface area contributed by atoms with Crippen molar-refractivity contribution >= 4 is 17.8 Å². The molecule has 1 aromatic carbocycles. The van der Waals surface area contributed by atoms with Crippen molar-refractivity contribution in [1.29, 1.82) is 0 Å². The number of nitrogens with two attached hydrogens (primary N) is 1. The lowest BCUT2D eigenvalue weighted by Crippen LogP contribution is -2.43. The van der Waals surface area contributed by atoms with Gasteiger partial charge in [-0.05, 0) is 18.1 Å². The normalized spacial score (nSPS) is 11.6. The molecule has 6 nitrogen and oxygen atoms in total. The standard InChI is InChI=1S/C13H16N2O4/c1-8-4-2-3-5-9(8)6-12(17)15-10(13(18)19)7-11(14)16/h2-5,10H,6-7H2,1H3,(H2,14,16)(H,15,17)(H,18,19). The van der Waals surface area contributed by atoms with Gasteiger partial charge >= 0.3 is 5.97 Å². The molecule has 6 heteroatoms. The minimum atomic E-state index is -1.28. The summed E-state index contributed by atoms with van der Waals surface area (Å²) in [6, 6.07) is 6.02. The Kier molecular flexibility index (Phi) is 5.05. The molecular formula is C13H16N2O4. The number of hydrogen-bond donors (Lipinski definition) is 3. The van der Waals surface area contributed by atoms with E-state index in [4.69, 9.17) is 10.8 Å². The third-order valence-corrected chi connectivity index (χ3v) is 2.65. The van der Waals surface area contributed by atoms with Crippen molar-refractivity contribution in [2.75, 3.05) is 0 Å². The summed E-state index contributed by atoms with van der Waals surface area (Å²) in [5.74, 6) is -2.51. The van der Waals surface area contributed by atoms with Crippen molar-refractivity contribution in [3.63, 3.8) is 0 Å². The molecule has 2 amide bonds. The number of benzene rings is 1. The monoisotopic (exact) mass is 264 g/mol. The number of primary amides is 1. The number of aliphatic carboxylic acids is 1. The van der Waals surface area contributed by atoms with Crippen LogP contribution in [0.4, 0.5) is 0 Å². The SMILES string of the molecule is Cc1ccccc1CC(=O)NC(CC(N)=O)C(=O)O. The highest BCUT2D eigenvalue weighted by molar-refractivity contribution is 5.88. The molecule has 19 heavy (non-hydrogen) atoms. The summed E-state index contributed by atoms with van der Waals surface area (Å²) in [5.41, 5.74) is 6.68. The van der Waals surface area contributed by atoms with Crippen LogP contribution in [0.25, 0.3) is 0 Å². The van der Waals surface area contributed by atoms with E-state index in [9.17, 15) is 14.4 Å². The first kappa shape index (κ1) is 14.7. The molecule has 0 saturated heterocycles. The van der Waals surface area contributed by atoms with Crippen molar-refractivity contribution in [1.82, 2.24) is 5.32 Å². The Morgan fingerprint density at radius 2 is 1.95 bits per heavy atom. The lowest BCUT2D eigenvalue weighted by atomic mass is 10.1. The van der Waals surface area contributed by atoms with Crippen molar-refractivity contribution in [3.05, 3.63) is 35.4 Å². The fourth-order valence-corrected chi connectivity index (χ4v) is 1.63. The van der Waals surface area contributed by atoms with Crippen molar-refractivity contribution in [2.45, 2.75) is 25.8 Å². The van der Waals surface area contributed by atoms with Gasteiger partial charge in [0.1, 0.15) is 6.04 Å². The average molecular weight is 264 g/mol. The van der Waals surface area contributed by atoms with Crippen molar-refractivity contribution < 1.29 is 19.5 Å². The number of carbonyl (C=O) groups is 3. The molecule has 0 radical (unpaired) electrons. The Labute approximate surface area is 110 Å². The average Bonchev–Trinajstić information content (AvgIpc) is 2.30. The Balaban J connectivity index is 2.65. The van der Waals surface area contributed by atoms with Gasteiger partial charge in [0.15, 0.2) is 0 Å². The van der Waals surface area contributed by atoms with Gasteiger partial charge in [-0.3, -0.25) is 9.59 Å². The zero-order valence-electron chi connectivity index (χ0n) is 10.6. The predicted molar refractivity (Wildman–Crippen MR) is 68.3 cm³/mol. The van der Waals surface area contributed by atoms with Gasteiger partial charge in [0.05, 0.1) is 12.8 Å². The van der Waals surface area contributed by atoms with Crippen LogP contribution in [0.1, 0.15) is 17.5 Å². The van der Waals surface area contributed by atoms with Crippen molar-refractivity contribution in [3.8, 4) is 0 Å². The number of hydrogen-bond acceptors (Lipinski definition) is 3. The molecule has 0 saturated carbocycles. The molecule has 1 unspecified atom stereocenters. The lowest BCUT2D eigenvalue weighted by molar-refractivity contribution is -0.143. The highest BCUT2D eigenvalue weighted by Gasteiger charge is 2.22. The maximum absolute atomic E-state index is 11.7. The summed E-state index contributed by atoms with van der Waals surface area (Å²) < 4.78 is 0. The maximum Gasteiger partial charge on any atom is 0.326 e. The van der Waals surface area contributed by atoms with Gasteiger partial charge in [-0.15, -0.1) is 0 Å². The number of rotatable bonds is 6. The fraction of sp³-hybridized carbons (Fsp3) is 0.308. The summed E-state index contributed by atoms with van der Waals surface area (Å²) in [6.45, 7) is 1.86. The first-order valence-corrected chi connectivity index (χ1v) is 5.75. The van der Waals surface area contributed by atoms with E-state index in [1.165, 1.54) is 0 Å². The Morgan fingerprint density at radius 3 is 2.47 bits per heavy atom. The van der Waals surface area contributed by atoms with E-state index in [2.05, 4.69) is 5.32 Å². The highest BCUT2D eigenvalue weighted by Crippen LogP contribution is 2.07. The van der Waals surface area contributed by atoms with Crippen LogP contribution >= 0.6 is 0 Å². The second-order valence-corrected chi connectivity index (χ2v) is 4.23. The number of carboxylic acid groups (broad SMARTS) is 1. The quantitative estimate of drug-likeness (QED) is 0.670. The van der Waals surface area contributed by atoms with E-state index >= 15 is 0 Å². The van der Waals surface area contributed by atoms with Gasteiger partial charge < -0.3 is 16.2 Å². The van der Waals surface area contributed by atoms with Crippen LogP contribution in [0.5, 0.6) is 0 Å². The second-order valence-electron chi connectivity index (χ2n) is 4.23. The molecule has 0 aliphatic heterocycles. The molecule has 4 N–H and O–H groups in total. The van der Waals surface area contributed by atoms with Crippen LogP contribution in [0.2, 0.25) is 0 Å². The predicted octanol–water partition coefficient (Wildman–Crippen LogP) is -0.0177. The Bertz CT molecular complexity index is 499. The first-order valence-electron chi connectivity index (χ1n) is 5.75. The van der Waals surface area contributed by atoms with Crippen LogP contribution in [0.3, 0.4) is 0 Å². The van der Waals surface area contributed by atoms with Crippen LogP contribution in [0.15, 0.2) is 24.3 Å². The van der Waals surface area contributed by atoms with Gasteiger partial charge in [0, 0.05) is 0 Å². The fourth-order valence-electron chi connectivity index (χ4n) is 1.63. The molecule has 0 fully saturated rings. The third-order valence-electron chi connectivity index (χ3n) is 2.65. The largest absolute Gasteiger partial charge is 0.480 e. The van der Waals surface area contributed by atoms with E-state index < -0.39 is 30.2 Å². The Morgan fingerprint density at radius 1 is 1.32 bits per heavy atom. The van der Waals surface area contributed by atoms with Crippen LogP contribution in [-0.4, -0.2) is 28.9 Å². The molecule has 0 aromatic heterocycles. The smallest absolute Gasteiger partial charge is 0.326 e. The number of carboxylic acids is 1. The van der Waals surface area contributed by atoms with E-state index in [0.717, 1.165) is 11.1 Å². The number of amides is 2. The van der Waals surface area contributed by atoms with Crippen LogP contribution < -0.4 is 11.1 Å². The lowest BCUT2D eigenvalue weighted by Gasteiger charge is -2.13. The zero-order chi connectivity index (χ0) is 14.4. The second kappa shape index (κ2) is 6.53. The Hall–Kier alpha value is -2.37. The molecule has 1 rings (SSSR count). The summed E-state index contributed by atoms with van der Waals surface area (Å²) in [5, 5.41) is 11.2. The summed E-state index contributed by atoms with van der Waals surface area (Å²) in [6.07, 6.45) is -0.357. The van der Waals surface area contributed by atoms with Gasteiger partial charge in [-0.1, -0.05) is 24.3 Å². The molecule has 102 valence electrons. The van der Waals surface area contributed by atoms with Crippen LogP contribution in [-0.2, 0) is 20.8 Å². The summed E-state index contributed by atoms with van der Waals surface area (Å²) in [4.78, 5) is 33.3. The summed E-state index contributed by atoms with van der Waals surface area (Å²) >= 11 is 0. The van der Waals surface area contributed by atoms with Gasteiger partial charge in [0.2, 0.25) is 11.8 Å². The molecule has 0 aliphatic carbocycles. The topological polar surface area (TPSA) is 109 Å². The third kappa shape index (κ3) is 4.79. The maximum atomic E-state index is 11.7. The number of carbonyl (C=O) groups excluding carboxylic acids is 2. The molecule has 1 atom stereocenters. The first-order chi connectivity index (χ1) is 8.90. The molecule has 1 aromatic rings. The molecular weight excluding hydrogens is 248 g/mol. The molecule has 0 aliphatic rings. The molecule has 0 spiro atoms. The van der Waals surface area contributed by atoms with Gasteiger partial charge in [0.25, 0.3) is 0 Å². The van der Waals surface area contributed by atoms with E-state index in [0.29, 0.717) is 0 Å². The molecule has 0 bridgehead atoms. The minimum absolute atomic E-state index is 0.0647. The number of aryl methyl sites for hydroxylation is 1. The minimum Gasteiger partial charge on any atom is -0.480 e. The number of nitrogens with one attached hydrogen (secondary N) is 1. The summed E-state index contributed by atoms with van der Waals surface area (Å²) in [7, 11) is 0. The van der Waals surface area contributed by atoms with E-state index in [1.807, 2.05) is 19.1 Å².